The summed E-state index contributed by atoms with van der Waals surface area (Å²) in [6.45, 7) is 2.41. The van der Waals surface area contributed by atoms with Gasteiger partial charge in [-0.25, -0.2) is 0 Å². The largest absolute Gasteiger partial charge is 0.466 e. The van der Waals surface area contributed by atoms with E-state index in [9.17, 15) is 13.2 Å². The molecule has 0 aliphatic carbocycles. The van der Waals surface area contributed by atoms with Crippen LogP contribution in [0.4, 0.5) is 0 Å². The van der Waals surface area contributed by atoms with Crippen LogP contribution in [0.15, 0.2) is 0 Å². The van der Waals surface area contributed by atoms with Crippen molar-refractivity contribution in [3.8, 4) is 0 Å². The van der Waals surface area contributed by atoms with Gasteiger partial charge in [0, 0.05) is 25.3 Å². The van der Waals surface area contributed by atoms with Crippen LogP contribution in [0.1, 0.15) is 51.9 Å². The summed E-state index contributed by atoms with van der Waals surface area (Å²) < 4.78 is 34.3. The molecule has 0 atom stereocenters. The van der Waals surface area contributed by atoms with Gasteiger partial charge in [0.15, 0.2) is 0 Å². The van der Waals surface area contributed by atoms with E-state index >= 15 is 0 Å². The van der Waals surface area contributed by atoms with Gasteiger partial charge < -0.3 is 4.74 Å². The van der Waals surface area contributed by atoms with Gasteiger partial charge in [-0.1, -0.05) is 26.2 Å². The molecule has 1 radical (unpaired) electrons. The fraction of sp³-hybridized carbons (Fsp3) is 0.909. The molecule has 0 aromatic carbocycles. The molecule has 18 heavy (non-hydrogen) atoms. The minimum absolute atomic E-state index is 0. The van der Waals surface area contributed by atoms with Crippen molar-refractivity contribution in [3.63, 3.8) is 0 Å². The van der Waals surface area contributed by atoms with E-state index < -0.39 is 10.1 Å². The maximum absolute atomic E-state index is 11.1. The van der Waals surface area contributed by atoms with Crippen LogP contribution in [-0.2, 0) is 19.6 Å². The van der Waals surface area contributed by atoms with Gasteiger partial charge in [0.05, 0.1) is 12.4 Å². The molecule has 0 bridgehead atoms. The maximum atomic E-state index is 11.1. The summed E-state index contributed by atoms with van der Waals surface area (Å²) in [4.78, 5) is 11.1. The van der Waals surface area contributed by atoms with Gasteiger partial charge in [0.25, 0.3) is 10.1 Å². The Morgan fingerprint density at radius 2 is 1.72 bits per heavy atom. The van der Waals surface area contributed by atoms with E-state index in [1.165, 1.54) is 0 Å². The summed E-state index contributed by atoms with van der Waals surface area (Å²) >= 11 is 0. The number of unbranched alkanes of at least 4 members (excludes halogenated alkanes) is 4. The number of carbonyl (C=O) groups excluding carboxylic acids is 1. The third-order valence-corrected chi connectivity index (χ3v) is 3.10. The van der Waals surface area contributed by atoms with Gasteiger partial charge in [-0.2, -0.15) is 8.42 Å². The van der Waals surface area contributed by atoms with E-state index in [2.05, 4.69) is 0 Å². The smallest absolute Gasteiger partial charge is 0.305 e. The molecule has 0 saturated heterocycles. The van der Waals surface area contributed by atoms with E-state index in [1.54, 1.807) is 0 Å². The van der Waals surface area contributed by atoms with Crippen molar-refractivity contribution in [2.45, 2.75) is 51.9 Å². The first kappa shape index (κ1) is 20.3. The first-order valence-corrected chi connectivity index (χ1v) is 7.67. The minimum Gasteiger partial charge on any atom is -0.466 e. The topological polar surface area (TPSA) is 80.7 Å². The van der Waals surface area contributed by atoms with E-state index in [0.29, 0.717) is 25.9 Å². The summed E-state index contributed by atoms with van der Waals surface area (Å²) in [5.41, 5.74) is 0. The number of ether oxygens (including phenoxy) is 1. The summed E-state index contributed by atoms with van der Waals surface area (Å²) in [7, 11) is -3.83. The van der Waals surface area contributed by atoms with Crippen molar-refractivity contribution in [1.29, 1.82) is 0 Å². The van der Waals surface area contributed by atoms with Gasteiger partial charge >= 0.3 is 5.97 Å². The Bertz CT molecular complexity index is 303. The van der Waals surface area contributed by atoms with Crippen LogP contribution in [0, 0.1) is 0 Å². The number of carbonyl (C=O) groups is 1. The predicted molar refractivity (Wildman–Crippen MR) is 71.1 cm³/mol. The monoisotopic (exact) mass is 273 g/mol. The summed E-state index contributed by atoms with van der Waals surface area (Å²) in [5.74, 6) is -0.353. The molecule has 0 aliphatic rings. The van der Waals surface area contributed by atoms with Crippen LogP contribution in [0.2, 0.25) is 0 Å². The zero-order chi connectivity index (χ0) is 13.1. The number of esters is 1. The van der Waals surface area contributed by atoms with Crippen LogP contribution in [0.25, 0.3) is 0 Å². The first-order chi connectivity index (χ1) is 7.95. The van der Waals surface area contributed by atoms with E-state index in [0.717, 1.165) is 25.7 Å². The third kappa shape index (κ3) is 16.0. The zero-order valence-corrected chi connectivity index (χ0v) is 12.2. The predicted octanol–water partition coefficient (Wildman–Crippen LogP) is 1.79. The van der Waals surface area contributed by atoms with E-state index in [-0.39, 0.29) is 30.6 Å². The Morgan fingerprint density at radius 3 is 2.28 bits per heavy atom. The van der Waals surface area contributed by atoms with Crippen molar-refractivity contribution in [3.05, 3.63) is 0 Å². The molecule has 0 spiro atoms. The molecule has 7 heteroatoms. The quantitative estimate of drug-likeness (QED) is 0.284. The van der Waals surface area contributed by atoms with Gasteiger partial charge in [-0.05, 0) is 19.3 Å². The number of hydrogen-bond donors (Lipinski definition) is 1. The normalized spacial score (nSPS) is 10.8. The third-order valence-electron chi connectivity index (χ3n) is 2.29. The molecule has 0 unspecified atom stereocenters. The summed E-state index contributed by atoms with van der Waals surface area (Å²) in [6.07, 6.45) is 5.01. The van der Waals surface area contributed by atoms with Crippen molar-refractivity contribution >= 4 is 34.9 Å². The van der Waals surface area contributed by atoms with Crippen molar-refractivity contribution in [2.75, 3.05) is 12.4 Å². The molecule has 0 aromatic heterocycles. The molecule has 103 valence electrons. The van der Waals surface area contributed by atoms with Gasteiger partial charge in [0.2, 0.25) is 0 Å². The SMILES string of the molecule is CCCCC(=O)OCCCCCCS(=O)(=O)O.[Li]. The van der Waals surface area contributed by atoms with Gasteiger partial charge in [-0.3, -0.25) is 9.35 Å². The van der Waals surface area contributed by atoms with Crippen LogP contribution in [-0.4, -0.2) is 50.2 Å². The summed E-state index contributed by atoms with van der Waals surface area (Å²) in [5, 5.41) is 0. The molecular formula is C11H22LiO5S. The van der Waals surface area contributed by atoms with Gasteiger partial charge in [0.1, 0.15) is 0 Å². The molecule has 5 nitrogen and oxygen atoms in total. The molecule has 0 amide bonds. The molecular weight excluding hydrogens is 251 g/mol. The Hall–Kier alpha value is -0.0226. The fourth-order valence-corrected chi connectivity index (χ4v) is 1.89. The average Bonchev–Trinajstić information content (AvgIpc) is 2.23. The number of rotatable bonds is 10. The Labute approximate surface area is 122 Å². The van der Waals surface area contributed by atoms with Crippen molar-refractivity contribution in [1.82, 2.24) is 0 Å². The van der Waals surface area contributed by atoms with E-state index in [1.807, 2.05) is 6.92 Å². The Kier molecular flexibility index (Phi) is 13.6. The Balaban J connectivity index is 0. The maximum Gasteiger partial charge on any atom is 0.305 e. The average molecular weight is 273 g/mol. The second kappa shape index (κ2) is 12.0. The second-order valence-electron chi connectivity index (χ2n) is 4.02. The molecule has 0 aliphatic heterocycles. The molecule has 0 heterocycles. The van der Waals surface area contributed by atoms with Crippen molar-refractivity contribution < 1.29 is 22.5 Å². The fourth-order valence-electron chi connectivity index (χ4n) is 1.32. The first-order valence-electron chi connectivity index (χ1n) is 6.06. The minimum atomic E-state index is -3.83. The summed E-state index contributed by atoms with van der Waals surface area (Å²) in [6, 6.07) is 0. The molecule has 0 fully saturated rings. The van der Waals surface area contributed by atoms with Crippen LogP contribution in [0.3, 0.4) is 0 Å². The van der Waals surface area contributed by atoms with Crippen LogP contribution in [0.5, 0.6) is 0 Å². The molecule has 1 N–H and O–H groups in total. The number of hydrogen-bond acceptors (Lipinski definition) is 4. The van der Waals surface area contributed by atoms with Crippen LogP contribution >= 0.6 is 0 Å². The van der Waals surface area contributed by atoms with Crippen LogP contribution < -0.4 is 0 Å². The second-order valence-corrected chi connectivity index (χ2v) is 5.60. The van der Waals surface area contributed by atoms with Crippen molar-refractivity contribution in [2.24, 2.45) is 0 Å². The zero-order valence-electron chi connectivity index (χ0n) is 11.4. The standard InChI is InChI=1S/C11H22O5S.Li/c1-2-3-8-11(12)16-9-6-4-5-7-10-17(13,14)15;/h2-10H2,1H3,(H,13,14,15);. The molecule has 0 rings (SSSR count). The van der Waals surface area contributed by atoms with E-state index in [4.69, 9.17) is 9.29 Å². The van der Waals surface area contributed by atoms with Gasteiger partial charge in [-0.15, -0.1) is 0 Å². The molecule has 0 aromatic rings. The Morgan fingerprint density at radius 1 is 1.11 bits per heavy atom. The molecule has 0 saturated carbocycles.